The molecule has 1 aliphatic rings. The van der Waals surface area contributed by atoms with Gasteiger partial charge in [-0.2, -0.15) is 0 Å². The Hall–Kier alpha value is -2.40. The molecule has 0 bridgehead atoms. The molecule has 3 atom stereocenters. The molecular weight excluding hydrogens is 304 g/mol. The van der Waals surface area contributed by atoms with Gasteiger partial charge in [0.2, 0.25) is 11.8 Å². The summed E-state index contributed by atoms with van der Waals surface area (Å²) >= 11 is 0. The van der Waals surface area contributed by atoms with Crippen molar-refractivity contribution in [3.05, 3.63) is 59.8 Å². The van der Waals surface area contributed by atoms with Gasteiger partial charge in [0.05, 0.1) is 19.3 Å². The van der Waals surface area contributed by atoms with Crippen LogP contribution in [0, 0.1) is 5.92 Å². The molecule has 1 aliphatic carbocycles. The Morgan fingerprint density at radius 1 is 1.33 bits per heavy atom. The highest BCUT2D eigenvalue weighted by molar-refractivity contribution is 5.83. The molecule has 2 aromatic rings. The van der Waals surface area contributed by atoms with Crippen LogP contribution in [0.3, 0.4) is 0 Å². The molecule has 5 nitrogen and oxygen atoms in total. The summed E-state index contributed by atoms with van der Waals surface area (Å²) in [5.74, 6) is 0.786. The molecule has 0 radical (unpaired) electrons. The number of carbonyl (C=O) groups excluding carboxylic acids is 1. The first-order chi connectivity index (χ1) is 11.7. The van der Waals surface area contributed by atoms with E-state index in [1.54, 1.807) is 12.3 Å². The van der Waals surface area contributed by atoms with Crippen LogP contribution in [-0.2, 0) is 4.79 Å². The predicted molar refractivity (Wildman–Crippen MR) is 90.7 cm³/mol. The number of nitrogens with zero attached hydrogens (tertiary/aromatic N) is 1. The number of aliphatic hydroxyl groups is 1. The van der Waals surface area contributed by atoms with Gasteiger partial charge in [-0.25, -0.2) is 4.98 Å². The summed E-state index contributed by atoms with van der Waals surface area (Å²) in [5, 5.41) is 12.5. The van der Waals surface area contributed by atoms with Crippen molar-refractivity contribution in [2.45, 2.75) is 25.3 Å². The number of ether oxygens (including phenoxy) is 1. The highest BCUT2D eigenvalue weighted by Gasteiger charge is 2.44. The van der Waals surface area contributed by atoms with E-state index in [9.17, 15) is 9.90 Å². The first-order valence-electron chi connectivity index (χ1n) is 8.27. The molecule has 1 aromatic carbocycles. The molecule has 1 aromatic heterocycles. The van der Waals surface area contributed by atoms with Crippen LogP contribution in [0.5, 0.6) is 5.88 Å². The van der Waals surface area contributed by atoms with E-state index in [4.69, 9.17) is 4.74 Å². The van der Waals surface area contributed by atoms with E-state index >= 15 is 0 Å². The van der Waals surface area contributed by atoms with Gasteiger partial charge in [0.1, 0.15) is 0 Å². The molecule has 2 N–H and O–H groups in total. The van der Waals surface area contributed by atoms with Gasteiger partial charge < -0.3 is 15.2 Å². The lowest BCUT2D eigenvalue weighted by Gasteiger charge is -2.17. The van der Waals surface area contributed by atoms with E-state index in [1.165, 1.54) is 5.56 Å². The van der Waals surface area contributed by atoms with Crippen LogP contribution in [-0.4, -0.2) is 29.2 Å². The van der Waals surface area contributed by atoms with Crippen LogP contribution in [0.1, 0.15) is 36.4 Å². The van der Waals surface area contributed by atoms with Gasteiger partial charge in [-0.05, 0) is 36.5 Å². The van der Waals surface area contributed by atoms with Gasteiger partial charge in [0.15, 0.2) is 0 Å². The monoisotopic (exact) mass is 326 g/mol. The maximum Gasteiger partial charge on any atom is 0.224 e. The number of aliphatic hydroxyl groups excluding tert-OH is 1. The number of amides is 1. The fraction of sp³-hybridized carbons (Fsp3) is 0.368. The van der Waals surface area contributed by atoms with Crippen LogP contribution in [0.4, 0.5) is 0 Å². The van der Waals surface area contributed by atoms with Crippen molar-refractivity contribution in [3.8, 4) is 5.88 Å². The number of benzene rings is 1. The number of aromatic nitrogens is 1. The molecule has 1 saturated carbocycles. The van der Waals surface area contributed by atoms with Gasteiger partial charge in [-0.3, -0.25) is 4.79 Å². The number of hydrogen-bond acceptors (Lipinski definition) is 4. The first-order valence-corrected chi connectivity index (χ1v) is 8.27. The maximum absolute atomic E-state index is 12.4. The quantitative estimate of drug-likeness (QED) is 0.820. The molecule has 0 spiro atoms. The van der Waals surface area contributed by atoms with E-state index in [0.717, 1.165) is 12.0 Å². The van der Waals surface area contributed by atoms with Crippen LogP contribution in [0.15, 0.2) is 48.7 Å². The smallest absolute Gasteiger partial charge is 0.224 e. The summed E-state index contributed by atoms with van der Waals surface area (Å²) in [6, 6.07) is 13.2. The minimum atomic E-state index is -0.447. The Bertz CT molecular complexity index is 673. The van der Waals surface area contributed by atoms with Crippen LogP contribution in [0.25, 0.3) is 0 Å². The van der Waals surface area contributed by atoms with E-state index in [1.807, 2.05) is 31.2 Å². The standard InChI is InChI=1S/C19H22N2O3/c1-2-24-18-9-8-14(11-20-18)17(12-22)21-19(23)16-10-15(16)13-6-4-3-5-7-13/h3-9,11,15-17,22H,2,10,12H2,1H3,(H,21,23). The molecular formula is C19H22N2O3. The summed E-state index contributed by atoms with van der Waals surface area (Å²) in [5.41, 5.74) is 1.96. The number of nitrogens with one attached hydrogen (secondary N) is 1. The van der Waals surface area contributed by atoms with Crippen molar-refractivity contribution in [3.63, 3.8) is 0 Å². The van der Waals surface area contributed by atoms with Crippen LogP contribution < -0.4 is 10.1 Å². The van der Waals surface area contributed by atoms with Crippen molar-refractivity contribution in [2.24, 2.45) is 5.92 Å². The second-order valence-electron chi connectivity index (χ2n) is 5.97. The van der Waals surface area contributed by atoms with E-state index < -0.39 is 6.04 Å². The fourth-order valence-corrected chi connectivity index (χ4v) is 2.90. The summed E-state index contributed by atoms with van der Waals surface area (Å²) in [6.07, 6.45) is 2.49. The Kier molecular flexibility index (Phi) is 5.11. The topological polar surface area (TPSA) is 71.5 Å². The normalized spacial score (nSPS) is 20.2. The van der Waals surface area contributed by atoms with Crippen molar-refractivity contribution in [2.75, 3.05) is 13.2 Å². The molecule has 0 saturated heterocycles. The highest BCUT2D eigenvalue weighted by Crippen LogP contribution is 2.47. The minimum absolute atomic E-state index is 0.0166. The second kappa shape index (κ2) is 7.45. The minimum Gasteiger partial charge on any atom is -0.478 e. The average Bonchev–Trinajstić information content (AvgIpc) is 3.42. The summed E-state index contributed by atoms with van der Waals surface area (Å²) in [7, 11) is 0. The molecule has 1 heterocycles. The van der Waals surface area contributed by atoms with E-state index in [0.29, 0.717) is 12.5 Å². The number of carbonyl (C=O) groups is 1. The van der Waals surface area contributed by atoms with Gasteiger partial charge in [0.25, 0.3) is 0 Å². The molecule has 5 heteroatoms. The Morgan fingerprint density at radius 3 is 2.75 bits per heavy atom. The molecule has 1 amide bonds. The predicted octanol–water partition coefficient (Wildman–Crippen LogP) is 2.43. The molecule has 3 unspecified atom stereocenters. The lowest BCUT2D eigenvalue weighted by molar-refractivity contribution is -0.123. The summed E-state index contributed by atoms with van der Waals surface area (Å²) in [4.78, 5) is 16.6. The Labute approximate surface area is 141 Å². The van der Waals surface area contributed by atoms with Crippen molar-refractivity contribution >= 4 is 5.91 Å². The molecule has 3 rings (SSSR count). The zero-order valence-electron chi connectivity index (χ0n) is 13.7. The largest absolute Gasteiger partial charge is 0.478 e. The van der Waals surface area contributed by atoms with E-state index in [2.05, 4.69) is 22.4 Å². The Morgan fingerprint density at radius 2 is 2.12 bits per heavy atom. The van der Waals surface area contributed by atoms with Gasteiger partial charge >= 0.3 is 0 Å². The van der Waals surface area contributed by atoms with Crippen molar-refractivity contribution < 1.29 is 14.6 Å². The highest BCUT2D eigenvalue weighted by atomic mass is 16.5. The van der Waals surface area contributed by atoms with Crippen LogP contribution in [0.2, 0.25) is 0 Å². The molecule has 24 heavy (non-hydrogen) atoms. The first kappa shape index (κ1) is 16.5. The summed E-state index contributed by atoms with van der Waals surface area (Å²) < 4.78 is 5.31. The van der Waals surface area contributed by atoms with Crippen LogP contribution >= 0.6 is 0 Å². The third-order valence-corrected chi connectivity index (χ3v) is 4.31. The molecule has 1 fully saturated rings. The zero-order chi connectivity index (χ0) is 16.9. The zero-order valence-corrected chi connectivity index (χ0v) is 13.7. The number of hydrogen-bond donors (Lipinski definition) is 2. The van der Waals surface area contributed by atoms with Crippen molar-refractivity contribution in [1.82, 2.24) is 10.3 Å². The molecule has 0 aliphatic heterocycles. The van der Waals surface area contributed by atoms with Gasteiger partial charge in [0, 0.05) is 18.2 Å². The second-order valence-corrected chi connectivity index (χ2v) is 5.97. The molecule has 126 valence electrons. The van der Waals surface area contributed by atoms with Gasteiger partial charge in [-0.1, -0.05) is 30.3 Å². The SMILES string of the molecule is CCOc1ccc(C(CO)NC(=O)C2CC2c2ccccc2)cn1. The van der Waals surface area contributed by atoms with Crippen molar-refractivity contribution in [1.29, 1.82) is 0 Å². The number of rotatable bonds is 7. The Balaban J connectivity index is 1.60. The third kappa shape index (κ3) is 3.74. The number of pyridine rings is 1. The summed E-state index contributed by atoms with van der Waals surface area (Å²) in [6.45, 7) is 2.28. The maximum atomic E-state index is 12.4. The van der Waals surface area contributed by atoms with E-state index in [-0.39, 0.29) is 24.3 Å². The lowest BCUT2D eigenvalue weighted by atomic mass is 10.1. The average molecular weight is 326 g/mol. The van der Waals surface area contributed by atoms with Gasteiger partial charge in [-0.15, -0.1) is 0 Å². The third-order valence-electron chi connectivity index (χ3n) is 4.31. The lowest BCUT2D eigenvalue weighted by Crippen LogP contribution is -2.32. The fourth-order valence-electron chi connectivity index (χ4n) is 2.90.